The van der Waals surface area contributed by atoms with E-state index in [4.69, 9.17) is 16.3 Å². The molecule has 0 aliphatic heterocycles. The second-order valence-electron chi connectivity index (χ2n) is 3.75. The van der Waals surface area contributed by atoms with Gasteiger partial charge >= 0.3 is 0 Å². The number of hydrogen-bond donors (Lipinski definition) is 1. The van der Waals surface area contributed by atoms with Gasteiger partial charge in [0.25, 0.3) is 0 Å². The largest absolute Gasteiger partial charge is 0.378 e. The van der Waals surface area contributed by atoms with Crippen molar-refractivity contribution in [2.24, 2.45) is 0 Å². The van der Waals surface area contributed by atoms with E-state index in [9.17, 15) is 0 Å². The van der Waals surface area contributed by atoms with E-state index in [0.717, 1.165) is 25.3 Å². The molecule has 1 N–H and O–H groups in total. The van der Waals surface area contributed by atoms with Crippen molar-refractivity contribution in [2.75, 3.05) is 11.9 Å². The maximum Gasteiger partial charge on any atom is 0.126 e. The van der Waals surface area contributed by atoms with Crippen LogP contribution in [-0.4, -0.2) is 23.7 Å². The number of pyridine rings is 1. The SMILES string of the molecule is CCOC1CC(Nc2ccc(Cl)cn2)C1. The van der Waals surface area contributed by atoms with Crippen molar-refractivity contribution >= 4 is 17.4 Å². The van der Waals surface area contributed by atoms with E-state index in [-0.39, 0.29) is 0 Å². The fraction of sp³-hybridized carbons (Fsp3) is 0.545. The molecule has 0 spiro atoms. The molecule has 82 valence electrons. The Morgan fingerprint density at radius 1 is 1.53 bits per heavy atom. The van der Waals surface area contributed by atoms with Crippen LogP contribution >= 0.6 is 11.6 Å². The van der Waals surface area contributed by atoms with Crippen LogP contribution in [0, 0.1) is 0 Å². The van der Waals surface area contributed by atoms with Gasteiger partial charge in [-0.1, -0.05) is 11.6 Å². The van der Waals surface area contributed by atoms with Gasteiger partial charge in [0.05, 0.1) is 11.1 Å². The summed E-state index contributed by atoms with van der Waals surface area (Å²) in [6.45, 7) is 2.83. The number of nitrogens with zero attached hydrogens (tertiary/aromatic N) is 1. The molecule has 15 heavy (non-hydrogen) atoms. The highest BCUT2D eigenvalue weighted by Gasteiger charge is 2.29. The highest BCUT2D eigenvalue weighted by Crippen LogP contribution is 2.26. The first-order valence-electron chi connectivity index (χ1n) is 5.27. The lowest BCUT2D eigenvalue weighted by molar-refractivity contribution is 0.00292. The Labute approximate surface area is 94.8 Å². The van der Waals surface area contributed by atoms with Gasteiger partial charge in [0.15, 0.2) is 0 Å². The average Bonchev–Trinajstić information content (AvgIpc) is 2.18. The third-order valence-electron chi connectivity index (χ3n) is 2.58. The number of halogens is 1. The van der Waals surface area contributed by atoms with E-state index in [1.54, 1.807) is 6.20 Å². The van der Waals surface area contributed by atoms with Crippen LogP contribution in [0.2, 0.25) is 5.02 Å². The third-order valence-corrected chi connectivity index (χ3v) is 2.80. The molecule has 0 saturated heterocycles. The second-order valence-corrected chi connectivity index (χ2v) is 4.19. The molecule has 0 unspecified atom stereocenters. The second kappa shape index (κ2) is 4.81. The van der Waals surface area contributed by atoms with E-state index in [2.05, 4.69) is 10.3 Å². The Balaban J connectivity index is 1.77. The Kier molecular flexibility index (Phi) is 3.44. The molecule has 4 heteroatoms. The number of anilines is 1. The molecule has 1 aromatic heterocycles. The maximum atomic E-state index is 5.75. The van der Waals surface area contributed by atoms with Crippen LogP contribution in [-0.2, 0) is 4.74 Å². The van der Waals surface area contributed by atoms with Crippen LogP contribution in [0.4, 0.5) is 5.82 Å². The van der Waals surface area contributed by atoms with Crippen LogP contribution in [0.5, 0.6) is 0 Å². The number of nitrogens with one attached hydrogen (secondary N) is 1. The van der Waals surface area contributed by atoms with Gasteiger partial charge in [-0.3, -0.25) is 0 Å². The van der Waals surface area contributed by atoms with E-state index >= 15 is 0 Å². The molecule has 0 radical (unpaired) electrons. The van der Waals surface area contributed by atoms with Crippen LogP contribution in [0.15, 0.2) is 18.3 Å². The smallest absolute Gasteiger partial charge is 0.126 e. The molecular formula is C11H15ClN2O. The van der Waals surface area contributed by atoms with E-state index in [1.807, 2.05) is 19.1 Å². The summed E-state index contributed by atoms with van der Waals surface area (Å²) in [6, 6.07) is 4.24. The molecule has 2 rings (SSSR count). The highest BCUT2D eigenvalue weighted by atomic mass is 35.5. The van der Waals surface area contributed by atoms with Crippen molar-refractivity contribution in [3.8, 4) is 0 Å². The van der Waals surface area contributed by atoms with Crippen molar-refractivity contribution in [3.05, 3.63) is 23.4 Å². The van der Waals surface area contributed by atoms with Crippen molar-refractivity contribution in [1.82, 2.24) is 4.98 Å². The fourth-order valence-corrected chi connectivity index (χ4v) is 1.84. The van der Waals surface area contributed by atoms with E-state index in [1.165, 1.54) is 0 Å². The number of hydrogen-bond acceptors (Lipinski definition) is 3. The highest BCUT2D eigenvalue weighted by molar-refractivity contribution is 6.30. The molecule has 1 heterocycles. The Bertz CT molecular complexity index is 309. The molecule has 0 bridgehead atoms. The van der Waals surface area contributed by atoms with Gasteiger partial charge in [-0.2, -0.15) is 0 Å². The summed E-state index contributed by atoms with van der Waals surface area (Å²) in [5.41, 5.74) is 0. The normalized spacial score (nSPS) is 24.7. The first-order valence-corrected chi connectivity index (χ1v) is 5.65. The minimum atomic E-state index is 0.430. The van der Waals surface area contributed by atoms with Crippen molar-refractivity contribution in [1.29, 1.82) is 0 Å². The summed E-state index contributed by atoms with van der Waals surface area (Å²) >= 11 is 5.75. The minimum absolute atomic E-state index is 0.430. The fourth-order valence-electron chi connectivity index (χ4n) is 1.73. The van der Waals surface area contributed by atoms with Gasteiger partial charge in [-0.05, 0) is 31.9 Å². The molecule has 1 fully saturated rings. The Morgan fingerprint density at radius 2 is 2.33 bits per heavy atom. The van der Waals surface area contributed by atoms with Crippen molar-refractivity contribution in [2.45, 2.75) is 31.9 Å². The van der Waals surface area contributed by atoms with Gasteiger partial charge in [0, 0.05) is 18.8 Å². The molecule has 3 nitrogen and oxygen atoms in total. The van der Waals surface area contributed by atoms with Crippen LogP contribution < -0.4 is 5.32 Å². The third kappa shape index (κ3) is 2.83. The average molecular weight is 227 g/mol. The molecule has 0 aromatic carbocycles. The predicted molar refractivity (Wildman–Crippen MR) is 61.3 cm³/mol. The topological polar surface area (TPSA) is 34.1 Å². The monoisotopic (exact) mass is 226 g/mol. The summed E-state index contributed by atoms with van der Waals surface area (Å²) < 4.78 is 5.48. The summed E-state index contributed by atoms with van der Waals surface area (Å²) in [5.74, 6) is 0.888. The van der Waals surface area contributed by atoms with Gasteiger partial charge in [-0.15, -0.1) is 0 Å². The lowest BCUT2D eigenvalue weighted by Gasteiger charge is -2.35. The molecule has 0 atom stereocenters. The standard InChI is InChI=1S/C11H15ClN2O/c1-2-15-10-5-9(6-10)14-11-4-3-8(12)7-13-11/h3-4,7,9-10H,2,5-6H2,1H3,(H,13,14). The predicted octanol–water partition coefficient (Wildman–Crippen LogP) is 2.71. The lowest BCUT2D eigenvalue weighted by Crippen LogP contribution is -2.40. The summed E-state index contributed by atoms with van der Waals surface area (Å²) in [4.78, 5) is 4.19. The van der Waals surface area contributed by atoms with Gasteiger partial charge in [-0.25, -0.2) is 4.98 Å². The van der Waals surface area contributed by atoms with E-state index in [0.29, 0.717) is 17.2 Å². The molecular weight excluding hydrogens is 212 g/mol. The zero-order valence-electron chi connectivity index (χ0n) is 8.74. The van der Waals surface area contributed by atoms with E-state index < -0.39 is 0 Å². The Morgan fingerprint density at radius 3 is 2.93 bits per heavy atom. The first kappa shape index (κ1) is 10.7. The number of rotatable bonds is 4. The molecule has 1 aliphatic rings. The summed E-state index contributed by atoms with van der Waals surface area (Å²) in [6.07, 6.45) is 4.22. The Hall–Kier alpha value is -0.800. The quantitative estimate of drug-likeness (QED) is 0.857. The zero-order valence-corrected chi connectivity index (χ0v) is 9.50. The zero-order chi connectivity index (χ0) is 10.7. The number of ether oxygens (including phenoxy) is 1. The van der Waals surface area contributed by atoms with Crippen molar-refractivity contribution in [3.63, 3.8) is 0 Å². The van der Waals surface area contributed by atoms with Crippen LogP contribution in [0.3, 0.4) is 0 Å². The van der Waals surface area contributed by atoms with Gasteiger partial charge in [0.1, 0.15) is 5.82 Å². The van der Waals surface area contributed by atoms with Crippen molar-refractivity contribution < 1.29 is 4.74 Å². The summed E-state index contributed by atoms with van der Waals surface area (Å²) in [7, 11) is 0. The molecule has 0 amide bonds. The van der Waals surface area contributed by atoms with Gasteiger partial charge < -0.3 is 10.1 Å². The molecule has 1 saturated carbocycles. The lowest BCUT2D eigenvalue weighted by atomic mass is 9.89. The van der Waals surface area contributed by atoms with Crippen LogP contribution in [0.25, 0.3) is 0 Å². The minimum Gasteiger partial charge on any atom is -0.378 e. The molecule has 1 aromatic rings. The summed E-state index contributed by atoms with van der Waals surface area (Å²) in [5, 5.41) is 4.01. The first-order chi connectivity index (χ1) is 7.28. The van der Waals surface area contributed by atoms with Gasteiger partial charge in [0.2, 0.25) is 0 Å². The number of aromatic nitrogens is 1. The maximum absolute atomic E-state index is 5.75. The molecule has 1 aliphatic carbocycles. The van der Waals surface area contributed by atoms with Crippen LogP contribution in [0.1, 0.15) is 19.8 Å².